The summed E-state index contributed by atoms with van der Waals surface area (Å²) in [6.07, 6.45) is -0.438. The molecule has 5 rings (SSSR count). The van der Waals surface area contributed by atoms with Crippen molar-refractivity contribution in [2.24, 2.45) is 0 Å². The van der Waals surface area contributed by atoms with Crippen molar-refractivity contribution in [1.82, 2.24) is 0 Å². The first-order valence-electron chi connectivity index (χ1n) is 11.9. The van der Waals surface area contributed by atoms with Crippen molar-refractivity contribution in [1.29, 1.82) is 0 Å². The molecule has 7 heteroatoms. The molecule has 0 unspecified atom stereocenters. The zero-order valence-electron chi connectivity index (χ0n) is 20.7. The third-order valence-corrected chi connectivity index (χ3v) is 6.84. The van der Waals surface area contributed by atoms with Crippen LogP contribution in [0.15, 0.2) is 78.9 Å². The predicted molar refractivity (Wildman–Crippen MR) is 149 cm³/mol. The number of methoxy groups -OCH3 is 1. The van der Waals surface area contributed by atoms with Crippen LogP contribution in [0.1, 0.15) is 38.8 Å². The summed E-state index contributed by atoms with van der Waals surface area (Å²) in [6, 6.07) is 24.7. The molecule has 1 aliphatic heterocycles. The van der Waals surface area contributed by atoms with Gasteiger partial charge in [0.05, 0.1) is 17.7 Å². The summed E-state index contributed by atoms with van der Waals surface area (Å²) < 4.78 is 11.6. The van der Waals surface area contributed by atoms with Crippen molar-refractivity contribution in [3.63, 3.8) is 0 Å². The van der Waals surface area contributed by atoms with Crippen LogP contribution in [0.2, 0.25) is 10.0 Å². The van der Waals surface area contributed by atoms with Crippen LogP contribution in [0, 0.1) is 13.8 Å². The van der Waals surface area contributed by atoms with Gasteiger partial charge in [0, 0.05) is 22.0 Å². The largest absolute Gasteiger partial charge is 0.496 e. The molecule has 4 aromatic rings. The summed E-state index contributed by atoms with van der Waals surface area (Å²) in [5, 5.41) is 4.54. The van der Waals surface area contributed by atoms with Gasteiger partial charge in [0.2, 0.25) is 0 Å². The number of ether oxygens (including phenoxy) is 2. The zero-order chi connectivity index (χ0) is 26.1. The molecule has 1 atom stereocenters. The Morgan fingerprint density at radius 2 is 1.62 bits per heavy atom. The first-order valence-corrected chi connectivity index (χ1v) is 12.6. The maximum atomic E-state index is 13.8. The van der Waals surface area contributed by atoms with Gasteiger partial charge in [0.1, 0.15) is 24.3 Å². The van der Waals surface area contributed by atoms with E-state index < -0.39 is 6.17 Å². The van der Waals surface area contributed by atoms with Crippen LogP contribution in [0.3, 0.4) is 0 Å². The lowest BCUT2D eigenvalue weighted by Crippen LogP contribution is -2.43. The second-order valence-electron chi connectivity index (χ2n) is 9.05. The number of hydrogen-bond acceptors (Lipinski definition) is 4. The quantitative estimate of drug-likeness (QED) is 0.273. The normalized spacial score (nSPS) is 14.7. The fraction of sp³-hybridized carbons (Fsp3) is 0.167. The zero-order valence-corrected chi connectivity index (χ0v) is 22.2. The minimum atomic E-state index is -0.438. The molecule has 0 saturated heterocycles. The number of para-hydroxylation sites is 1. The van der Waals surface area contributed by atoms with Crippen LogP contribution in [0.4, 0.5) is 11.4 Å². The number of nitrogens with one attached hydrogen (secondary N) is 1. The third-order valence-electron chi connectivity index (χ3n) is 6.31. The fourth-order valence-corrected chi connectivity index (χ4v) is 5.14. The van der Waals surface area contributed by atoms with E-state index in [0.29, 0.717) is 27.1 Å². The van der Waals surface area contributed by atoms with Crippen molar-refractivity contribution >= 4 is 40.5 Å². The lowest BCUT2D eigenvalue weighted by atomic mass is 10.00. The van der Waals surface area contributed by atoms with Gasteiger partial charge >= 0.3 is 0 Å². The molecule has 0 radical (unpaired) electrons. The molecule has 1 amide bonds. The summed E-state index contributed by atoms with van der Waals surface area (Å²) in [7, 11) is 1.62. The summed E-state index contributed by atoms with van der Waals surface area (Å²) in [5.74, 6) is 1.13. The Morgan fingerprint density at radius 1 is 0.892 bits per heavy atom. The highest BCUT2D eigenvalue weighted by atomic mass is 35.5. The van der Waals surface area contributed by atoms with E-state index in [9.17, 15) is 4.79 Å². The van der Waals surface area contributed by atoms with Crippen LogP contribution in [-0.4, -0.2) is 13.0 Å². The molecule has 188 valence electrons. The van der Waals surface area contributed by atoms with Crippen LogP contribution in [0.25, 0.3) is 0 Å². The van der Waals surface area contributed by atoms with Crippen molar-refractivity contribution in [2.45, 2.75) is 26.6 Å². The van der Waals surface area contributed by atoms with Gasteiger partial charge in [0.25, 0.3) is 5.91 Å². The van der Waals surface area contributed by atoms with Gasteiger partial charge in [0.15, 0.2) is 0 Å². The van der Waals surface area contributed by atoms with E-state index >= 15 is 0 Å². The van der Waals surface area contributed by atoms with Crippen molar-refractivity contribution < 1.29 is 14.3 Å². The molecule has 0 saturated carbocycles. The Hall–Kier alpha value is -3.67. The van der Waals surface area contributed by atoms with E-state index in [1.54, 1.807) is 25.3 Å². The van der Waals surface area contributed by atoms with E-state index in [1.165, 1.54) is 0 Å². The number of carbonyl (C=O) groups excluding carboxylic acids is 1. The molecule has 0 spiro atoms. The Balaban J connectivity index is 1.55. The number of amides is 1. The molecule has 0 aliphatic carbocycles. The maximum Gasteiger partial charge on any atom is 0.262 e. The van der Waals surface area contributed by atoms with E-state index in [4.69, 9.17) is 32.7 Å². The lowest BCUT2D eigenvalue weighted by Gasteiger charge is -2.38. The summed E-state index contributed by atoms with van der Waals surface area (Å²) in [4.78, 5) is 15.6. The van der Waals surface area contributed by atoms with Gasteiger partial charge < -0.3 is 14.8 Å². The van der Waals surface area contributed by atoms with E-state index in [1.807, 2.05) is 73.3 Å². The minimum absolute atomic E-state index is 0.0640. The first-order chi connectivity index (χ1) is 17.8. The second-order valence-corrected chi connectivity index (χ2v) is 9.89. The molecule has 0 bridgehead atoms. The number of anilines is 2. The minimum Gasteiger partial charge on any atom is -0.496 e. The van der Waals surface area contributed by atoms with Crippen LogP contribution in [0.5, 0.6) is 11.5 Å². The van der Waals surface area contributed by atoms with Crippen LogP contribution < -0.4 is 19.7 Å². The standard InChI is InChI=1S/C30H26Cl2N2O3/c1-18-12-19(2)14-23(13-18)34-29(33-26-7-5-4-6-24(26)30(34)35)20-8-10-27(36-3)21(15-20)17-37-28-11-9-22(31)16-25(28)32/h4-16,29,33H,17H2,1-3H3/t29-/m0/s1. The monoisotopic (exact) mass is 532 g/mol. The second kappa shape index (κ2) is 10.4. The number of aryl methyl sites for hydroxylation is 2. The van der Waals surface area contributed by atoms with Crippen LogP contribution in [-0.2, 0) is 6.61 Å². The molecule has 0 aromatic heterocycles. The number of hydrogen-bond donors (Lipinski definition) is 1. The summed E-state index contributed by atoms with van der Waals surface area (Å²) >= 11 is 12.3. The Labute approximate surface area is 226 Å². The van der Waals surface area contributed by atoms with E-state index in [0.717, 1.165) is 33.6 Å². The van der Waals surface area contributed by atoms with Gasteiger partial charge in [-0.25, -0.2) is 0 Å². The average molecular weight is 533 g/mol. The van der Waals surface area contributed by atoms with Gasteiger partial charge in [-0.15, -0.1) is 0 Å². The number of rotatable bonds is 6. The summed E-state index contributed by atoms with van der Waals surface area (Å²) in [6.45, 7) is 4.29. The highest BCUT2D eigenvalue weighted by molar-refractivity contribution is 6.35. The van der Waals surface area contributed by atoms with Gasteiger partial charge in [-0.2, -0.15) is 0 Å². The van der Waals surface area contributed by atoms with E-state index in [-0.39, 0.29) is 12.5 Å². The number of nitrogens with zero attached hydrogens (tertiary/aromatic N) is 1. The average Bonchev–Trinajstić information content (AvgIpc) is 2.87. The molecule has 1 N–H and O–H groups in total. The Kier molecular flexibility index (Phi) is 7.00. The fourth-order valence-electron chi connectivity index (χ4n) is 4.67. The van der Waals surface area contributed by atoms with Gasteiger partial charge in [-0.3, -0.25) is 9.69 Å². The number of benzene rings is 4. The Morgan fingerprint density at radius 3 is 2.35 bits per heavy atom. The SMILES string of the molecule is COc1ccc([C@H]2Nc3ccccc3C(=O)N2c2cc(C)cc(C)c2)cc1COc1ccc(Cl)cc1Cl. The maximum absolute atomic E-state index is 13.8. The Bertz CT molecular complexity index is 1470. The molecule has 4 aromatic carbocycles. The predicted octanol–water partition coefficient (Wildman–Crippen LogP) is 7.97. The molecule has 1 heterocycles. The number of carbonyl (C=O) groups is 1. The van der Waals surface area contributed by atoms with Crippen molar-refractivity contribution in [3.8, 4) is 11.5 Å². The molecule has 1 aliphatic rings. The molecular weight excluding hydrogens is 507 g/mol. The van der Waals surface area contributed by atoms with Gasteiger partial charge in [-0.05, 0) is 85.1 Å². The third kappa shape index (κ3) is 5.10. The topological polar surface area (TPSA) is 50.8 Å². The lowest BCUT2D eigenvalue weighted by molar-refractivity contribution is 0.0975. The molecule has 5 nitrogen and oxygen atoms in total. The van der Waals surface area contributed by atoms with Crippen molar-refractivity contribution in [2.75, 3.05) is 17.3 Å². The summed E-state index contributed by atoms with van der Waals surface area (Å²) in [5.41, 5.74) is 6.14. The van der Waals surface area contributed by atoms with E-state index in [2.05, 4.69) is 11.4 Å². The molecular formula is C30H26Cl2N2O3. The first kappa shape index (κ1) is 25.0. The molecule has 0 fully saturated rings. The smallest absolute Gasteiger partial charge is 0.262 e. The number of halogens is 2. The van der Waals surface area contributed by atoms with Crippen LogP contribution >= 0.6 is 23.2 Å². The molecule has 37 heavy (non-hydrogen) atoms. The van der Waals surface area contributed by atoms with Gasteiger partial charge in [-0.1, -0.05) is 47.5 Å². The number of fused-ring (bicyclic) bond motifs is 1. The highest BCUT2D eigenvalue weighted by Crippen LogP contribution is 2.39. The highest BCUT2D eigenvalue weighted by Gasteiger charge is 2.34. The van der Waals surface area contributed by atoms with Crippen molar-refractivity contribution in [3.05, 3.63) is 117 Å².